The number of aliphatic hydroxyl groups excluding tert-OH is 1. The lowest BCUT2D eigenvalue weighted by molar-refractivity contribution is -0.380. The van der Waals surface area contributed by atoms with E-state index in [9.17, 15) is 14.9 Å². The van der Waals surface area contributed by atoms with Gasteiger partial charge in [-0.3, -0.25) is 14.9 Å². The largest absolute Gasteiger partial charge is 0.384 e. The number of hydrogen-bond donors (Lipinski definition) is 2. The van der Waals surface area contributed by atoms with E-state index in [-0.39, 0.29) is 16.5 Å². The van der Waals surface area contributed by atoms with Crippen LogP contribution in [0.2, 0.25) is 0 Å². The zero-order valence-electron chi connectivity index (χ0n) is 10.7. The fourth-order valence-corrected chi connectivity index (χ4v) is 2.28. The van der Waals surface area contributed by atoms with Gasteiger partial charge < -0.3 is 10.4 Å². The van der Waals surface area contributed by atoms with E-state index < -0.39 is 10.8 Å². The lowest BCUT2D eigenvalue weighted by atomic mass is 10.2. The lowest BCUT2D eigenvalue weighted by Crippen LogP contribution is -2.11. The molecule has 0 spiro atoms. The molecule has 1 amide bonds. The molecule has 0 aliphatic heterocycles. The number of para-hydroxylation sites is 1. The van der Waals surface area contributed by atoms with Crippen LogP contribution in [0.5, 0.6) is 0 Å². The molecule has 0 aliphatic carbocycles. The summed E-state index contributed by atoms with van der Waals surface area (Å²) in [5.41, 5.74) is 1.05. The van der Waals surface area contributed by atoms with Crippen LogP contribution in [-0.2, 0) is 0 Å². The smallest absolute Gasteiger partial charge is 0.324 e. The number of hydrogen-bond acceptors (Lipinski definition) is 5. The van der Waals surface area contributed by atoms with Crippen LogP contribution in [0.4, 0.5) is 10.7 Å². The summed E-state index contributed by atoms with van der Waals surface area (Å²) in [5, 5.41) is 21.9. The molecule has 1 aromatic heterocycles. The summed E-state index contributed by atoms with van der Waals surface area (Å²) in [6, 6.07) is 9.55. The Hall–Kier alpha value is -2.69. The van der Waals surface area contributed by atoms with Crippen LogP contribution in [0, 0.1) is 22.0 Å². The molecule has 1 heterocycles. The Morgan fingerprint density at radius 1 is 1.33 bits per heavy atom. The SMILES string of the molecule is O=C(Nc1ccccc1C#CCO)c1ccc([N+](=O)[O-])s1. The van der Waals surface area contributed by atoms with Gasteiger partial charge in [0, 0.05) is 11.6 Å². The van der Waals surface area contributed by atoms with Crippen LogP contribution in [0.3, 0.4) is 0 Å². The molecule has 106 valence electrons. The molecular weight excluding hydrogens is 292 g/mol. The number of anilines is 1. The normalized spacial score (nSPS) is 9.57. The topological polar surface area (TPSA) is 92.5 Å². The van der Waals surface area contributed by atoms with Crippen molar-refractivity contribution in [2.45, 2.75) is 0 Å². The second-order valence-electron chi connectivity index (χ2n) is 3.85. The Kier molecular flexibility index (Phi) is 4.66. The molecule has 2 N–H and O–H groups in total. The number of aliphatic hydroxyl groups is 1. The molecule has 7 heteroatoms. The molecule has 0 saturated heterocycles. The predicted octanol–water partition coefficient (Wildman–Crippen LogP) is 2.25. The molecule has 0 unspecified atom stereocenters. The fraction of sp³-hybridized carbons (Fsp3) is 0.0714. The van der Waals surface area contributed by atoms with Crippen molar-refractivity contribution in [3.05, 3.63) is 57.0 Å². The van der Waals surface area contributed by atoms with Crippen LogP contribution in [0.25, 0.3) is 0 Å². The number of thiophene rings is 1. The van der Waals surface area contributed by atoms with Gasteiger partial charge in [-0.15, -0.1) is 0 Å². The third kappa shape index (κ3) is 3.66. The number of benzene rings is 1. The fourth-order valence-electron chi connectivity index (χ4n) is 1.57. The van der Waals surface area contributed by atoms with Gasteiger partial charge in [-0.2, -0.15) is 0 Å². The molecule has 2 rings (SSSR count). The number of nitrogens with zero attached hydrogens (tertiary/aromatic N) is 1. The van der Waals surface area contributed by atoms with Crippen molar-refractivity contribution in [2.75, 3.05) is 11.9 Å². The van der Waals surface area contributed by atoms with Crippen molar-refractivity contribution >= 4 is 27.9 Å². The lowest BCUT2D eigenvalue weighted by Gasteiger charge is -2.05. The average molecular weight is 302 g/mol. The maximum atomic E-state index is 12.1. The molecule has 0 aliphatic rings. The molecule has 0 bridgehead atoms. The highest BCUT2D eigenvalue weighted by Gasteiger charge is 2.15. The van der Waals surface area contributed by atoms with E-state index in [4.69, 9.17) is 5.11 Å². The van der Waals surface area contributed by atoms with Gasteiger partial charge in [0.15, 0.2) is 0 Å². The number of amides is 1. The van der Waals surface area contributed by atoms with Crippen molar-refractivity contribution in [2.24, 2.45) is 0 Å². The summed E-state index contributed by atoms with van der Waals surface area (Å²) < 4.78 is 0. The Morgan fingerprint density at radius 2 is 2.10 bits per heavy atom. The van der Waals surface area contributed by atoms with Crippen molar-refractivity contribution in [3.8, 4) is 11.8 Å². The predicted molar refractivity (Wildman–Crippen MR) is 79.3 cm³/mol. The number of nitrogens with one attached hydrogen (secondary N) is 1. The zero-order valence-corrected chi connectivity index (χ0v) is 11.5. The Morgan fingerprint density at radius 3 is 2.76 bits per heavy atom. The standard InChI is InChI=1S/C14H10N2O4S/c17-9-3-5-10-4-1-2-6-11(10)15-14(18)12-7-8-13(21-12)16(19)20/h1-2,4,6-8,17H,9H2,(H,15,18). The van der Waals surface area contributed by atoms with Crippen LogP contribution in [0.15, 0.2) is 36.4 Å². The Labute approximate surface area is 124 Å². The summed E-state index contributed by atoms with van der Waals surface area (Å²) in [6.45, 7) is -0.278. The average Bonchev–Trinajstić information content (AvgIpc) is 2.96. The summed E-state index contributed by atoms with van der Waals surface area (Å²) in [7, 11) is 0. The van der Waals surface area contributed by atoms with Crippen molar-refractivity contribution in [3.63, 3.8) is 0 Å². The summed E-state index contributed by atoms with van der Waals surface area (Å²) >= 11 is 0.805. The van der Waals surface area contributed by atoms with Gasteiger partial charge in [-0.25, -0.2) is 0 Å². The Balaban J connectivity index is 2.21. The third-order valence-corrected chi connectivity index (χ3v) is 3.51. The minimum Gasteiger partial charge on any atom is -0.384 e. The van der Waals surface area contributed by atoms with Gasteiger partial charge in [0.2, 0.25) is 0 Å². The molecular formula is C14H10N2O4S. The van der Waals surface area contributed by atoms with E-state index in [2.05, 4.69) is 17.2 Å². The van der Waals surface area contributed by atoms with E-state index >= 15 is 0 Å². The first-order chi connectivity index (χ1) is 10.1. The second kappa shape index (κ2) is 6.65. The molecule has 0 saturated carbocycles. The third-order valence-electron chi connectivity index (χ3n) is 2.47. The highest BCUT2D eigenvalue weighted by Crippen LogP contribution is 2.25. The van der Waals surface area contributed by atoms with Crippen LogP contribution >= 0.6 is 11.3 Å². The van der Waals surface area contributed by atoms with Crippen molar-refractivity contribution in [1.82, 2.24) is 0 Å². The number of carbonyl (C=O) groups is 1. The second-order valence-corrected chi connectivity index (χ2v) is 4.92. The van der Waals surface area contributed by atoms with E-state index in [0.29, 0.717) is 11.3 Å². The molecule has 2 aromatic rings. The van der Waals surface area contributed by atoms with Crippen LogP contribution < -0.4 is 5.32 Å². The van der Waals surface area contributed by atoms with E-state index in [1.54, 1.807) is 24.3 Å². The number of rotatable bonds is 3. The number of nitro groups is 1. The van der Waals surface area contributed by atoms with Crippen LogP contribution in [0.1, 0.15) is 15.2 Å². The Bertz CT molecular complexity index is 743. The quantitative estimate of drug-likeness (QED) is 0.516. The monoisotopic (exact) mass is 302 g/mol. The minimum atomic E-state index is -0.540. The summed E-state index contributed by atoms with van der Waals surface area (Å²) in [5.74, 6) is 4.79. The first kappa shape index (κ1) is 14.7. The first-order valence-corrected chi connectivity index (χ1v) is 6.68. The molecule has 0 fully saturated rings. The van der Waals surface area contributed by atoms with E-state index in [1.807, 2.05) is 0 Å². The maximum absolute atomic E-state index is 12.1. The van der Waals surface area contributed by atoms with Gasteiger partial charge in [-0.05, 0) is 18.2 Å². The van der Waals surface area contributed by atoms with E-state index in [0.717, 1.165) is 11.3 Å². The molecule has 6 nitrogen and oxygen atoms in total. The zero-order chi connectivity index (χ0) is 15.2. The maximum Gasteiger partial charge on any atom is 0.324 e. The molecule has 1 aromatic carbocycles. The van der Waals surface area contributed by atoms with Crippen molar-refractivity contribution < 1.29 is 14.8 Å². The molecule has 21 heavy (non-hydrogen) atoms. The minimum absolute atomic E-state index is 0.0893. The van der Waals surface area contributed by atoms with Gasteiger partial charge in [-0.1, -0.05) is 35.3 Å². The number of carbonyl (C=O) groups excluding carboxylic acids is 1. The molecule has 0 radical (unpaired) electrons. The van der Waals surface area contributed by atoms with E-state index in [1.165, 1.54) is 12.1 Å². The molecule has 0 atom stereocenters. The van der Waals surface area contributed by atoms with Gasteiger partial charge in [0.25, 0.3) is 5.91 Å². The van der Waals surface area contributed by atoms with Gasteiger partial charge >= 0.3 is 5.00 Å². The van der Waals surface area contributed by atoms with Gasteiger partial charge in [0.1, 0.15) is 6.61 Å². The van der Waals surface area contributed by atoms with Crippen molar-refractivity contribution in [1.29, 1.82) is 0 Å². The summed E-state index contributed by atoms with van der Waals surface area (Å²) in [4.78, 5) is 22.4. The highest BCUT2D eigenvalue weighted by molar-refractivity contribution is 7.17. The van der Waals surface area contributed by atoms with Crippen LogP contribution in [-0.4, -0.2) is 22.5 Å². The summed E-state index contributed by atoms with van der Waals surface area (Å²) in [6.07, 6.45) is 0. The van der Waals surface area contributed by atoms with Gasteiger partial charge in [0.05, 0.1) is 15.5 Å². The first-order valence-electron chi connectivity index (χ1n) is 5.86. The highest BCUT2D eigenvalue weighted by atomic mass is 32.1.